The van der Waals surface area contributed by atoms with Crippen LogP contribution in [0.4, 0.5) is 0 Å². The van der Waals surface area contributed by atoms with Gasteiger partial charge in [-0.05, 0) is 63.1 Å². The summed E-state index contributed by atoms with van der Waals surface area (Å²) in [5.41, 5.74) is 1.73. The smallest absolute Gasteiger partial charge is 0.355 e. The second-order valence-electron chi connectivity index (χ2n) is 8.29. The van der Waals surface area contributed by atoms with Crippen LogP contribution in [-0.4, -0.2) is 48.2 Å². The highest BCUT2D eigenvalue weighted by molar-refractivity contribution is 7.89. The van der Waals surface area contributed by atoms with E-state index in [9.17, 15) is 18.0 Å². The van der Waals surface area contributed by atoms with E-state index in [0.717, 1.165) is 10.8 Å². The van der Waals surface area contributed by atoms with Crippen LogP contribution in [0.1, 0.15) is 52.9 Å². The molecule has 0 aliphatic carbocycles. The van der Waals surface area contributed by atoms with Gasteiger partial charge in [-0.15, -0.1) is 0 Å². The molecule has 1 heterocycles. The predicted molar refractivity (Wildman–Crippen MR) is 128 cm³/mol. The van der Waals surface area contributed by atoms with Crippen LogP contribution in [0.3, 0.4) is 0 Å². The lowest BCUT2D eigenvalue weighted by Gasteiger charge is -2.25. The van der Waals surface area contributed by atoms with Gasteiger partial charge in [-0.3, -0.25) is 4.79 Å². The molecule has 0 atom stereocenters. The summed E-state index contributed by atoms with van der Waals surface area (Å²) >= 11 is 0. The fraction of sp³-hybridized carbons (Fsp3) is 0.360. The van der Waals surface area contributed by atoms with Crippen molar-refractivity contribution in [3.63, 3.8) is 0 Å². The third kappa shape index (κ3) is 4.58. The van der Waals surface area contributed by atoms with E-state index >= 15 is 0 Å². The normalized spacial score (nSPS) is 12.0. The quantitative estimate of drug-likeness (QED) is 0.363. The lowest BCUT2D eigenvalue weighted by Crippen LogP contribution is -2.40. The fourth-order valence-electron chi connectivity index (χ4n) is 4.11. The summed E-state index contributed by atoms with van der Waals surface area (Å²) in [6.07, 6.45) is 0. The Hall–Kier alpha value is -2.97. The summed E-state index contributed by atoms with van der Waals surface area (Å²) in [4.78, 5) is 25.9. The number of nitrogens with zero attached hydrogens (tertiary/aromatic N) is 2. The van der Waals surface area contributed by atoms with Gasteiger partial charge in [0.05, 0.1) is 18.0 Å². The number of esters is 1. The highest BCUT2D eigenvalue weighted by atomic mass is 32.2. The number of sulfonamides is 1. The Morgan fingerprint density at radius 2 is 1.70 bits per heavy atom. The first-order valence-electron chi connectivity index (χ1n) is 10.9. The lowest BCUT2D eigenvalue weighted by atomic mass is 10.1. The molecule has 0 fully saturated rings. The van der Waals surface area contributed by atoms with Gasteiger partial charge in [-0.2, -0.15) is 4.31 Å². The molecule has 3 rings (SSSR count). The number of carbonyl (C=O) groups is 2. The van der Waals surface area contributed by atoms with Gasteiger partial charge >= 0.3 is 5.97 Å². The van der Waals surface area contributed by atoms with E-state index in [2.05, 4.69) is 0 Å². The van der Waals surface area contributed by atoms with Crippen molar-refractivity contribution in [1.29, 1.82) is 0 Å². The Morgan fingerprint density at radius 3 is 2.30 bits per heavy atom. The van der Waals surface area contributed by atoms with Crippen molar-refractivity contribution in [2.75, 3.05) is 13.2 Å². The minimum Gasteiger partial charge on any atom is -0.461 e. The molecular formula is C25H30N2O5S. The molecule has 8 heteroatoms. The molecule has 33 heavy (non-hydrogen) atoms. The van der Waals surface area contributed by atoms with E-state index < -0.39 is 22.0 Å². The van der Waals surface area contributed by atoms with Crippen molar-refractivity contribution in [3.8, 4) is 0 Å². The lowest BCUT2D eigenvalue weighted by molar-refractivity contribution is 0.0514. The average molecular weight is 471 g/mol. The summed E-state index contributed by atoms with van der Waals surface area (Å²) in [5.74, 6) is -0.877. The average Bonchev–Trinajstić information content (AvgIpc) is 2.99. The highest BCUT2D eigenvalue weighted by Gasteiger charge is 2.32. The summed E-state index contributed by atoms with van der Waals surface area (Å²) in [5, 5.41) is 1.74. The third-order valence-corrected chi connectivity index (χ3v) is 7.90. The van der Waals surface area contributed by atoms with Crippen molar-refractivity contribution < 1.29 is 22.7 Å². The SMILES string of the molecule is CCOC(=O)c1c(C)c(C(=O)CN(C(C)C)S(=O)(=O)c2ccc3ccccc3c2)c(C)n1C. The predicted octanol–water partition coefficient (Wildman–Crippen LogP) is 4.25. The van der Waals surface area contributed by atoms with Crippen molar-refractivity contribution in [2.24, 2.45) is 7.05 Å². The number of hydrogen-bond donors (Lipinski definition) is 0. The molecule has 0 unspecified atom stereocenters. The van der Waals surface area contributed by atoms with E-state index in [1.54, 1.807) is 64.4 Å². The molecule has 0 spiro atoms. The maximum atomic E-state index is 13.5. The third-order valence-electron chi connectivity index (χ3n) is 5.88. The fourth-order valence-corrected chi connectivity index (χ4v) is 5.74. The Morgan fingerprint density at radius 1 is 1.06 bits per heavy atom. The molecule has 0 radical (unpaired) electrons. The van der Waals surface area contributed by atoms with Crippen LogP contribution in [0, 0.1) is 13.8 Å². The molecule has 1 aromatic heterocycles. The topological polar surface area (TPSA) is 85.7 Å². The number of rotatable bonds is 8. The van der Waals surface area contributed by atoms with Crippen LogP contribution in [0.2, 0.25) is 0 Å². The van der Waals surface area contributed by atoms with E-state index in [1.165, 1.54) is 4.31 Å². The molecule has 3 aromatic rings. The minimum atomic E-state index is -3.93. The molecule has 7 nitrogen and oxygen atoms in total. The molecule has 0 aliphatic heterocycles. The van der Waals surface area contributed by atoms with E-state index in [0.29, 0.717) is 22.5 Å². The van der Waals surface area contributed by atoms with Crippen LogP contribution in [0.15, 0.2) is 47.4 Å². The van der Waals surface area contributed by atoms with Crippen LogP contribution in [0.5, 0.6) is 0 Å². The van der Waals surface area contributed by atoms with Crippen molar-refractivity contribution in [2.45, 2.75) is 45.6 Å². The molecular weight excluding hydrogens is 440 g/mol. The van der Waals surface area contributed by atoms with Crippen LogP contribution >= 0.6 is 0 Å². The van der Waals surface area contributed by atoms with Gasteiger partial charge < -0.3 is 9.30 Å². The largest absolute Gasteiger partial charge is 0.461 e. The first-order valence-corrected chi connectivity index (χ1v) is 12.3. The van der Waals surface area contributed by atoms with Crippen molar-refractivity contribution >= 4 is 32.5 Å². The van der Waals surface area contributed by atoms with E-state index in [-0.39, 0.29) is 23.8 Å². The zero-order chi connectivity index (χ0) is 24.5. The van der Waals surface area contributed by atoms with Crippen LogP contribution < -0.4 is 0 Å². The summed E-state index contributed by atoms with van der Waals surface area (Å²) in [6, 6.07) is 12.0. The van der Waals surface area contributed by atoms with Crippen molar-refractivity contribution in [1.82, 2.24) is 8.87 Å². The zero-order valence-corrected chi connectivity index (χ0v) is 20.7. The maximum absolute atomic E-state index is 13.5. The minimum absolute atomic E-state index is 0.136. The molecule has 0 bridgehead atoms. The Balaban J connectivity index is 1.99. The van der Waals surface area contributed by atoms with Gasteiger partial charge in [0, 0.05) is 24.3 Å². The Labute approximate surface area is 195 Å². The van der Waals surface area contributed by atoms with Gasteiger partial charge in [0.2, 0.25) is 10.0 Å². The van der Waals surface area contributed by atoms with Crippen LogP contribution in [-0.2, 0) is 21.8 Å². The molecule has 0 amide bonds. The molecule has 2 aromatic carbocycles. The number of fused-ring (bicyclic) bond motifs is 1. The standard InChI is InChI=1S/C25H30N2O5S/c1-7-32-25(29)24-17(4)23(18(5)26(24)6)22(28)15-27(16(2)3)33(30,31)21-13-12-19-10-8-9-11-20(19)14-21/h8-14,16H,7,15H2,1-6H3. The van der Waals surface area contributed by atoms with Gasteiger partial charge in [-0.25, -0.2) is 13.2 Å². The second kappa shape index (κ2) is 9.49. The number of hydrogen-bond acceptors (Lipinski definition) is 5. The van der Waals surface area contributed by atoms with Gasteiger partial charge in [0.25, 0.3) is 0 Å². The number of Topliss-reactive ketones (excluding diaryl/α,β-unsaturated/α-hetero) is 1. The van der Waals surface area contributed by atoms with Gasteiger partial charge in [-0.1, -0.05) is 30.3 Å². The van der Waals surface area contributed by atoms with E-state index in [4.69, 9.17) is 4.74 Å². The Bertz CT molecular complexity index is 1320. The number of carbonyl (C=O) groups excluding carboxylic acids is 2. The molecule has 176 valence electrons. The first kappa shape index (κ1) is 24.7. The van der Waals surface area contributed by atoms with Gasteiger partial charge in [0.1, 0.15) is 5.69 Å². The number of ketones is 1. The Kier molecular flexibility index (Phi) is 7.09. The first-order chi connectivity index (χ1) is 15.5. The molecule has 0 saturated heterocycles. The zero-order valence-electron chi connectivity index (χ0n) is 19.9. The molecule has 0 N–H and O–H groups in total. The van der Waals surface area contributed by atoms with Gasteiger partial charge in [0.15, 0.2) is 5.78 Å². The van der Waals surface area contributed by atoms with Crippen LogP contribution in [0.25, 0.3) is 10.8 Å². The number of aromatic nitrogens is 1. The highest BCUT2D eigenvalue weighted by Crippen LogP contribution is 2.26. The summed E-state index contributed by atoms with van der Waals surface area (Å²) < 4.78 is 35.0. The molecule has 0 aliphatic rings. The summed E-state index contributed by atoms with van der Waals surface area (Å²) in [6.45, 7) is 8.50. The van der Waals surface area contributed by atoms with Crippen molar-refractivity contribution in [3.05, 3.63) is 65.0 Å². The summed E-state index contributed by atoms with van der Waals surface area (Å²) in [7, 11) is -2.24. The second-order valence-corrected chi connectivity index (χ2v) is 10.2. The number of benzene rings is 2. The number of ether oxygens (including phenoxy) is 1. The van der Waals surface area contributed by atoms with E-state index in [1.807, 2.05) is 24.3 Å². The molecule has 0 saturated carbocycles. The monoisotopic (exact) mass is 470 g/mol. The maximum Gasteiger partial charge on any atom is 0.355 e.